The van der Waals surface area contributed by atoms with E-state index in [4.69, 9.17) is 28.7 Å². The number of aliphatic hydroxyl groups excluding tert-OH is 1. The van der Waals surface area contributed by atoms with Crippen LogP contribution >= 0.6 is 25.3 Å². The molecule has 72 heavy (non-hydrogen) atoms. The van der Waals surface area contributed by atoms with Crippen LogP contribution in [-0.4, -0.2) is 166 Å². The van der Waals surface area contributed by atoms with Gasteiger partial charge in [-0.2, -0.15) is 25.3 Å². The molecular formula is C44H73N15O11S2. The Hall–Kier alpha value is -6.55. The molecule has 1 heterocycles. The average molecular weight is 1050 g/mol. The number of hydrogen-bond donors (Lipinski definition) is 16. The van der Waals surface area contributed by atoms with E-state index in [9.17, 15) is 53.4 Å². The highest BCUT2D eigenvalue weighted by Crippen LogP contribution is 2.21. The molecule has 9 atom stereocenters. The molecular weight excluding hydrogens is 979 g/mol. The van der Waals surface area contributed by atoms with Crippen molar-refractivity contribution in [1.82, 2.24) is 42.1 Å². The SMILES string of the molecule is CC(=O)N[C@H](CS)C(=O)N[C@@H](CC(C)C)C(=O)N1CCC[C@@H]1C(=O)N[C@H](C(=O)N[C@@H](CCCN=C(N)N)C(=O)N[C@@H](CS)C(=O)N[C@@H](CCCN=C(N)N)C(=O)N[C@@H](Cc1ccc(O)cc1)C(N)=O)[C@@H](C)O. The van der Waals surface area contributed by atoms with Crippen LogP contribution < -0.4 is 65.9 Å². The Kier molecular flexibility index (Phi) is 26.5. The maximum absolute atomic E-state index is 14.0. The summed E-state index contributed by atoms with van der Waals surface area (Å²) in [6.07, 6.45) is -0.770. The van der Waals surface area contributed by atoms with E-state index in [2.05, 4.69) is 72.5 Å². The fourth-order valence-electron chi connectivity index (χ4n) is 7.47. The van der Waals surface area contributed by atoms with Crippen molar-refractivity contribution in [2.24, 2.45) is 44.6 Å². The summed E-state index contributed by atoms with van der Waals surface area (Å²) in [5.41, 5.74) is 28.0. The monoisotopic (exact) mass is 1050 g/mol. The summed E-state index contributed by atoms with van der Waals surface area (Å²) >= 11 is 8.40. The standard InChI is InChI=1S/C44H73N15O11S2/c1-22(2)18-30(56-38(66)31(20-71)52-24(4)61)42(70)59-17-7-10-33(59)40(68)58-34(23(3)60)41(69)54-28(9-6-16-51-44(48)49)37(65)57-32(21-72)39(67)53-27(8-5-15-50-43(46)47)36(64)55-29(35(45)63)19-25-11-13-26(62)14-12-25/h11-14,22-23,27-34,60,62,71-72H,5-10,15-21H2,1-4H3,(H2,45,63)(H,52,61)(H,53,67)(H,54,69)(H,55,64)(H,56,66)(H,57,65)(H,58,68)(H4,46,47,50)(H4,48,49,51)/t23-,27+,28+,29+,30+,31-,32+,33-,34+/m1/s1. The van der Waals surface area contributed by atoms with Gasteiger partial charge in [0.1, 0.15) is 54.1 Å². The van der Waals surface area contributed by atoms with Gasteiger partial charge >= 0.3 is 0 Å². The molecule has 2 rings (SSSR count). The Bertz CT molecular complexity index is 2090. The van der Waals surface area contributed by atoms with Gasteiger partial charge in [0.25, 0.3) is 0 Å². The van der Waals surface area contributed by atoms with Gasteiger partial charge in [0.15, 0.2) is 11.9 Å². The Morgan fingerprint density at radius 1 is 0.667 bits per heavy atom. The molecule has 1 aromatic rings. The summed E-state index contributed by atoms with van der Waals surface area (Å²) in [5.74, 6) is -7.98. The fraction of sp³-hybridized carbons (Fsp3) is 0.614. The van der Waals surface area contributed by atoms with E-state index in [-0.39, 0.29) is 99.7 Å². The van der Waals surface area contributed by atoms with Crippen molar-refractivity contribution in [3.05, 3.63) is 29.8 Å². The van der Waals surface area contributed by atoms with Crippen LogP contribution in [0.2, 0.25) is 0 Å². The van der Waals surface area contributed by atoms with Crippen LogP contribution in [0.25, 0.3) is 0 Å². The number of phenols is 1. The van der Waals surface area contributed by atoms with E-state index >= 15 is 0 Å². The second-order valence-corrected chi connectivity index (χ2v) is 18.4. The van der Waals surface area contributed by atoms with Crippen molar-refractivity contribution >= 4 is 90.3 Å². The summed E-state index contributed by atoms with van der Waals surface area (Å²) in [7, 11) is 0. The van der Waals surface area contributed by atoms with Crippen molar-refractivity contribution in [2.45, 2.75) is 134 Å². The number of aliphatic imine (C=N–C) groups is 2. The maximum Gasteiger partial charge on any atom is 0.245 e. The number of hydrogen-bond acceptors (Lipinski definition) is 15. The molecule has 0 spiro atoms. The molecule has 1 aliphatic rings. The molecule has 1 aromatic carbocycles. The molecule has 0 saturated carbocycles. The molecule has 0 unspecified atom stereocenters. The third kappa shape index (κ3) is 21.4. The van der Waals surface area contributed by atoms with Crippen molar-refractivity contribution in [2.75, 3.05) is 31.1 Å². The van der Waals surface area contributed by atoms with Gasteiger partial charge in [0.2, 0.25) is 53.2 Å². The minimum atomic E-state index is -1.68. The number of nitrogens with one attached hydrogen (secondary N) is 7. The fourth-order valence-corrected chi connectivity index (χ4v) is 7.98. The first-order valence-corrected chi connectivity index (χ1v) is 24.6. The van der Waals surface area contributed by atoms with Gasteiger partial charge < -0.3 is 81.0 Å². The number of phenolic OH excluding ortho intramolecular Hbond substituents is 1. The Morgan fingerprint density at radius 2 is 1.12 bits per heavy atom. The van der Waals surface area contributed by atoms with Gasteiger partial charge in [0.05, 0.1) is 6.10 Å². The van der Waals surface area contributed by atoms with Crippen LogP contribution in [0.15, 0.2) is 34.3 Å². The second-order valence-electron chi connectivity index (χ2n) is 17.6. The normalized spacial score (nSPS) is 16.4. The van der Waals surface area contributed by atoms with Crippen molar-refractivity contribution in [3.8, 4) is 5.75 Å². The molecule has 28 heteroatoms. The maximum atomic E-state index is 14.0. The van der Waals surface area contributed by atoms with E-state index in [0.717, 1.165) is 0 Å². The van der Waals surface area contributed by atoms with Gasteiger partial charge in [-0.15, -0.1) is 0 Å². The van der Waals surface area contributed by atoms with E-state index < -0.39 is 108 Å². The first-order valence-electron chi connectivity index (χ1n) is 23.4. The topological polar surface area (TPSA) is 436 Å². The summed E-state index contributed by atoms with van der Waals surface area (Å²) in [6, 6.07) is -4.53. The lowest BCUT2D eigenvalue weighted by atomic mass is 10.0. The van der Waals surface area contributed by atoms with Crippen LogP contribution in [0.3, 0.4) is 0 Å². The predicted octanol–water partition coefficient (Wildman–Crippen LogP) is -4.78. The number of aliphatic hydroxyl groups is 1. The number of primary amides is 1. The van der Waals surface area contributed by atoms with Crippen LogP contribution in [0.5, 0.6) is 5.75 Å². The van der Waals surface area contributed by atoms with Gasteiger partial charge in [0, 0.05) is 44.5 Å². The molecule has 0 aliphatic carbocycles. The van der Waals surface area contributed by atoms with Gasteiger partial charge in [-0.1, -0.05) is 26.0 Å². The third-order valence-electron chi connectivity index (χ3n) is 11.1. The average Bonchev–Trinajstić information content (AvgIpc) is 3.80. The van der Waals surface area contributed by atoms with Crippen LogP contribution in [0, 0.1) is 5.92 Å². The molecule has 0 radical (unpaired) electrons. The smallest absolute Gasteiger partial charge is 0.245 e. The zero-order valence-electron chi connectivity index (χ0n) is 41.0. The molecule has 1 saturated heterocycles. The largest absolute Gasteiger partial charge is 0.508 e. The summed E-state index contributed by atoms with van der Waals surface area (Å²) in [6.45, 7) is 6.33. The minimum absolute atomic E-state index is 0.0110. The van der Waals surface area contributed by atoms with E-state index in [0.29, 0.717) is 12.0 Å². The Balaban J connectivity index is 2.34. The van der Waals surface area contributed by atoms with E-state index in [1.807, 2.05) is 13.8 Å². The van der Waals surface area contributed by atoms with Gasteiger partial charge in [-0.3, -0.25) is 53.1 Å². The zero-order chi connectivity index (χ0) is 54.2. The van der Waals surface area contributed by atoms with Gasteiger partial charge in [-0.05, 0) is 75.5 Å². The number of thiol groups is 2. The molecule has 0 bridgehead atoms. The number of carbonyl (C=O) groups excluding carboxylic acids is 9. The number of nitrogens with zero attached hydrogens (tertiary/aromatic N) is 3. The summed E-state index contributed by atoms with van der Waals surface area (Å²) in [4.78, 5) is 130. The van der Waals surface area contributed by atoms with Crippen LogP contribution in [-0.2, 0) is 49.6 Å². The predicted molar refractivity (Wildman–Crippen MR) is 274 cm³/mol. The lowest BCUT2D eigenvalue weighted by molar-refractivity contribution is -0.143. The number of benzene rings is 1. The molecule has 1 fully saturated rings. The van der Waals surface area contributed by atoms with Crippen molar-refractivity contribution in [3.63, 3.8) is 0 Å². The molecule has 0 aromatic heterocycles. The Morgan fingerprint density at radius 3 is 1.58 bits per heavy atom. The number of carbonyl (C=O) groups is 9. The molecule has 9 amide bonds. The number of aromatic hydroxyl groups is 1. The lowest BCUT2D eigenvalue weighted by Gasteiger charge is -2.31. The van der Waals surface area contributed by atoms with Gasteiger partial charge in [-0.25, -0.2) is 0 Å². The van der Waals surface area contributed by atoms with E-state index in [1.54, 1.807) is 0 Å². The molecule has 26 nitrogen and oxygen atoms in total. The first kappa shape index (κ1) is 61.6. The second kappa shape index (κ2) is 31.0. The first-order chi connectivity index (χ1) is 33.9. The number of likely N-dealkylation sites (tertiary alicyclic amines) is 1. The summed E-state index contributed by atoms with van der Waals surface area (Å²) in [5, 5.41) is 38.3. The quantitative estimate of drug-likeness (QED) is 0.0149. The van der Waals surface area contributed by atoms with E-state index in [1.165, 1.54) is 43.0 Å². The number of nitrogens with two attached hydrogens (primary N) is 5. The Labute approximate surface area is 429 Å². The minimum Gasteiger partial charge on any atom is -0.508 e. The highest BCUT2D eigenvalue weighted by molar-refractivity contribution is 7.80. The van der Waals surface area contributed by atoms with Crippen LogP contribution in [0.1, 0.15) is 78.2 Å². The highest BCUT2D eigenvalue weighted by atomic mass is 32.1. The number of amides is 9. The zero-order valence-corrected chi connectivity index (χ0v) is 42.8. The highest BCUT2D eigenvalue weighted by Gasteiger charge is 2.41. The number of rotatable bonds is 30. The van der Waals surface area contributed by atoms with Crippen LogP contribution in [0.4, 0.5) is 0 Å². The molecule has 402 valence electrons. The van der Waals surface area contributed by atoms with Crippen molar-refractivity contribution in [1.29, 1.82) is 0 Å². The summed E-state index contributed by atoms with van der Waals surface area (Å²) < 4.78 is 0. The number of guanidine groups is 2. The molecule has 1 aliphatic heterocycles. The van der Waals surface area contributed by atoms with Crippen molar-refractivity contribution < 1.29 is 53.4 Å². The third-order valence-corrected chi connectivity index (χ3v) is 11.8. The lowest BCUT2D eigenvalue weighted by Crippen LogP contribution is -2.62. The molecule has 19 N–H and O–H groups in total.